The van der Waals surface area contributed by atoms with Gasteiger partial charge in [-0.2, -0.15) is 5.26 Å². The van der Waals surface area contributed by atoms with Gasteiger partial charge in [0, 0.05) is 21.7 Å². The Bertz CT molecular complexity index is 3000. The molecule has 0 amide bonds. The van der Waals surface area contributed by atoms with Crippen LogP contribution in [0.25, 0.3) is 77.1 Å². The summed E-state index contributed by atoms with van der Waals surface area (Å²) in [7, 11) is 0. The van der Waals surface area contributed by atoms with Gasteiger partial charge < -0.3 is 0 Å². The molecule has 8 aromatic carbocycles. The number of halogens is 1. The molecule has 11 rings (SSSR count). The Morgan fingerprint density at radius 2 is 1.08 bits per heavy atom. The summed E-state index contributed by atoms with van der Waals surface area (Å²) < 4.78 is 14.1. The summed E-state index contributed by atoms with van der Waals surface area (Å²) in [6.45, 7) is 0. The van der Waals surface area contributed by atoms with Crippen molar-refractivity contribution < 1.29 is 4.39 Å². The SMILES string of the molecule is N#Cc1ccc2c(c1)C1(c3ccccc3-c3ccccc31)c1cc(-c3ccc4c(c3)nc(-c3ccc(F)cc3)c3ccc5ccccc5c34)ccc1-2. The topological polar surface area (TPSA) is 36.7 Å². The molecule has 0 saturated heterocycles. The van der Waals surface area contributed by atoms with Crippen LogP contribution in [0, 0.1) is 17.1 Å². The Labute approximate surface area is 299 Å². The number of pyridine rings is 1. The third-order valence-electron chi connectivity index (χ3n) is 11.4. The molecule has 0 bridgehead atoms. The first-order valence-corrected chi connectivity index (χ1v) is 17.5. The zero-order valence-electron chi connectivity index (χ0n) is 27.9. The second kappa shape index (κ2) is 10.6. The summed E-state index contributed by atoms with van der Waals surface area (Å²) in [4.78, 5) is 5.30. The van der Waals surface area contributed by atoms with Crippen molar-refractivity contribution in [2.24, 2.45) is 0 Å². The molecular weight excluding hydrogens is 636 g/mol. The summed E-state index contributed by atoms with van der Waals surface area (Å²) in [6.07, 6.45) is 0. The summed E-state index contributed by atoms with van der Waals surface area (Å²) in [5.74, 6) is -0.269. The number of nitriles is 1. The molecule has 2 aliphatic rings. The molecule has 0 radical (unpaired) electrons. The Kier molecular flexibility index (Phi) is 5.87. The molecule has 0 atom stereocenters. The number of fused-ring (bicyclic) bond motifs is 15. The van der Waals surface area contributed by atoms with Gasteiger partial charge in [-0.1, -0.05) is 115 Å². The van der Waals surface area contributed by atoms with Crippen LogP contribution in [-0.4, -0.2) is 4.98 Å². The van der Waals surface area contributed by atoms with Crippen LogP contribution in [0.5, 0.6) is 0 Å². The Balaban J connectivity index is 1.18. The molecule has 9 aromatic rings. The molecule has 0 N–H and O–H groups in total. The van der Waals surface area contributed by atoms with Crippen LogP contribution in [0.2, 0.25) is 0 Å². The van der Waals surface area contributed by atoms with Crippen molar-refractivity contribution >= 4 is 32.4 Å². The predicted octanol–water partition coefficient (Wildman–Crippen LogP) is 12.2. The normalized spacial score (nSPS) is 13.2. The third-order valence-corrected chi connectivity index (χ3v) is 11.4. The standard InChI is InChI=1S/C49H27FN2/c50-34-19-14-31(15-20-34)48-41-24-16-30-7-1-2-8-35(30)47(41)40-23-18-33(27-46(40)52-48)32-17-22-39-38-21-13-29(28-51)25-44(38)49(45(39)26-32)42-11-5-3-9-36(42)37-10-4-6-12-43(37)49/h1-27H. The van der Waals surface area contributed by atoms with Crippen molar-refractivity contribution in [3.63, 3.8) is 0 Å². The molecule has 0 saturated carbocycles. The maximum Gasteiger partial charge on any atom is 0.123 e. The van der Waals surface area contributed by atoms with Gasteiger partial charge in [0.25, 0.3) is 0 Å². The number of hydrogen-bond donors (Lipinski definition) is 0. The average Bonchev–Trinajstić information content (AvgIpc) is 3.67. The Morgan fingerprint density at radius 1 is 0.481 bits per heavy atom. The van der Waals surface area contributed by atoms with E-state index in [9.17, 15) is 9.65 Å². The highest BCUT2D eigenvalue weighted by molar-refractivity contribution is 6.22. The lowest BCUT2D eigenvalue weighted by Gasteiger charge is -2.30. The van der Waals surface area contributed by atoms with E-state index in [4.69, 9.17) is 4.98 Å². The van der Waals surface area contributed by atoms with E-state index in [1.54, 1.807) is 0 Å². The largest absolute Gasteiger partial charge is 0.247 e. The third kappa shape index (κ3) is 3.79. The smallest absolute Gasteiger partial charge is 0.123 e. The van der Waals surface area contributed by atoms with Crippen molar-refractivity contribution in [1.82, 2.24) is 4.98 Å². The summed E-state index contributed by atoms with van der Waals surface area (Å²) in [6, 6.07) is 58.8. The van der Waals surface area contributed by atoms with E-state index < -0.39 is 5.41 Å². The first-order valence-electron chi connectivity index (χ1n) is 17.5. The minimum atomic E-state index is -0.555. The molecule has 240 valence electrons. The monoisotopic (exact) mass is 662 g/mol. The lowest BCUT2D eigenvalue weighted by Crippen LogP contribution is -2.26. The number of rotatable bonds is 2. The predicted molar refractivity (Wildman–Crippen MR) is 209 cm³/mol. The van der Waals surface area contributed by atoms with E-state index in [0.717, 1.165) is 66.0 Å². The first kappa shape index (κ1) is 28.9. The molecule has 0 aliphatic heterocycles. The van der Waals surface area contributed by atoms with Crippen molar-refractivity contribution in [2.75, 3.05) is 0 Å². The van der Waals surface area contributed by atoms with E-state index in [0.29, 0.717) is 5.56 Å². The van der Waals surface area contributed by atoms with Crippen LogP contribution < -0.4 is 0 Å². The Morgan fingerprint density at radius 3 is 1.85 bits per heavy atom. The molecule has 1 heterocycles. The van der Waals surface area contributed by atoms with Crippen LogP contribution in [0.1, 0.15) is 27.8 Å². The van der Waals surface area contributed by atoms with Gasteiger partial charge in [-0.25, -0.2) is 9.37 Å². The zero-order chi connectivity index (χ0) is 34.6. The maximum absolute atomic E-state index is 14.1. The van der Waals surface area contributed by atoms with E-state index in [2.05, 4.69) is 140 Å². The molecule has 0 unspecified atom stereocenters. The fourth-order valence-corrected chi connectivity index (χ4v) is 9.17. The highest BCUT2D eigenvalue weighted by Crippen LogP contribution is 2.63. The van der Waals surface area contributed by atoms with Crippen molar-refractivity contribution in [1.29, 1.82) is 5.26 Å². The van der Waals surface area contributed by atoms with Crippen molar-refractivity contribution in [3.05, 3.63) is 197 Å². The minimum Gasteiger partial charge on any atom is -0.247 e. The van der Waals surface area contributed by atoms with E-state index in [1.807, 2.05) is 18.2 Å². The quantitative estimate of drug-likeness (QED) is 0.173. The zero-order valence-corrected chi connectivity index (χ0v) is 27.9. The van der Waals surface area contributed by atoms with Gasteiger partial charge in [0.1, 0.15) is 5.82 Å². The van der Waals surface area contributed by atoms with Crippen LogP contribution in [0.4, 0.5) is 4.39 Å². The van der Waals surface area contributed by atoms with Gasteiger partial charge in [0.15, 0.2) is 0 Å². The van der Waals surface area contributed by atoms with Crippen LogP contribution >= 0.6 is 0 Å². The van der Waals surface area contributed by atoms with Gasteiger partial charge >= 0.3 is 0 Å². The molecule has 1 spiro atoms. The van der Waals surface area contributed by atoms with Crippen LogP contribution in [0.3, 0.4) is 0 Å². The molecule has 0 fully saturated rings. The molecule has 1 aromatic heterocycles. The van der Waals surface area contributed by atoms with Crippen LogP contribution in [0.15, 0.2) is 164 Å². The molecule has 52 heavy (non-hydrogen) atoms. The summed E-state index contributed by atoms with van der Waals surface area (Å²) in [5.41, 5.74) is 14.5. The van der Waals surface area contributed by atoms with Crippen molar-refractivity contribution in [3.8, 4) is 50.7 Å². The first-order chi connectivity index (χ1) is 25.6. The van der Waals surface area contributed by atoms with Gasteiger partial charge in [0.05, 0.1) is 28.3 Å². The minimum absolute atomic E-state index is 0.269. The van der Waals surface area contributed by atoms with E-state index in [-0.39, 0.29) is 5.82 Å². The summed E-state index contributed by atoms with van der Waals surface area (Å²) >= 11 is 0. The molecule has 2 nitrogen and oxygen atoms in total. The van der Waals surface area contributed by atoms with Crippen molar-refractivity contribution in [2.45, 2.75) is 5.41 Å². The highest BCUT2D eigenvalue weighted by Gasteiger charge is 2.51. The second-order valence-electron chi connectivity index (χ2n) is 13.9. The summed E-state index contributed by atoms with van der Waals surface area (Å²) in [5, 5.41) is 15.6. The fourth-order valence-electron chi connectivity index (χ4n) is 9.17. The molecule has 2 aliphatic carbocycles. The average molecular weight is 663 g/mol. The van der Waals surface area contributed by atoms with Gasteiger partial charge in [-0.15, -0.1) is 0 Å². The molecule has 3 heteroatoms. The lowest BCUT2D eigenvalue weighted by atomic mass is 9.70. The lowest BCUT2D eigenvalue weighted by molar-refractivity contribution is 0.628. The highest BCUT2D eigenvalue weighted by atomic mass is 19.1. The molecular formula is C49H27FN2. The number of aromatic nitrogens is 1. The van der Waals surface area contributed by atoms with E-state index >= 15 is 0 Å². The number of hydrogen-bond acceptors (Lipinski definition) is 2. The Hall–Kier alpha value is -6.89. The van der Waals surface area contributed by atoms with Gasteiger partial charge in [-0.05, 0) is 115 Å². The fraction of sp³-hybridized carbons (Fsp3) is 0.0204. The maximum atomic E-state index is 14.1. The van der Waals surface area contributed by atoms with Crippen LogP contribution in [-0.2, 0) is 5.41 Å². The van der Waals surface area contributed by atoms with Gasteiger partial charge in [-0.3, -0.25) is 0 Å². The van der Waals surface area contributed by atoms with E-state index in [1.165, 1.54) is 45.5 Å². The number of nitrogens with zero attached hydrogens (tertiary/aromatic N) is 2. The van der Waals surface area contributed by atoms with Gasteiger partial charge in [0.2, 0.25) is 0 Å². The second-order valence-corrected chi connectivity index (χ2v) is 13.9. The number of benzene rings is 8.